The zero-order valence-corrected chi connectivity index (χ0v) is 9.05. The molecule has 2 N–H and O–H groups in total. The highest BCUT2D eigenvalue weighted by molar-refractivity contribution is 5.39. The van der Waals surface area contributed by atoms with Crippen LogP contribution in [0.15, 0.2) is 36.7 Å². The Labute approximate surface area is 94.1 Å². The fourth-order valence-corrected chi connectivity index (χ4v) is 1.28. The predicted molar refractivity (Wildman–Crippen MR) is 62.0 cm³/mol. The van der Waals surface area contributed by atoms with E-state index in [1.54, 1.807) is 6.07 Å². The molecule has 0 amide bonds. The number of anilines is 1. The fraction of sp³-hybridized carbons (Fsp3) is 0.167. The van der Waals surface area contributed by atoms with E-state index in [9.17, 15) is 0 Å². The molecule has 0 spiro atoms. The minimum absolute atomic E-state index is 0.483. The summed E-state index contributed by atoms with van der Waals surface area (Å²) in [5.74, 6) is 0.587. The Morgan fingerprint density at radius 3 is 2.62 bits per heavy atom. The summed E-state index contributed by atoms with van der Waals surface area (Å²) in [7, 11) is 0. The van der Waals surface area contributed by atoms with Crippen molar-refractivity contribution >= 4 is 5.69 Å². The summed E-state index contributed by atoms with van der Waals surface area (Å²) in [6, 6.07) is 9.37. The van der Waals surface area contributed by atoms with Crippen LogP contribution < -0.4 is 10.5 Å². The molecule has 0 aliphatic heterocycles. The molecule has 0 radical (unpaired) electrons. The molecule has 0 unspecified atom stereocenters. The van der Waals surface area contributed by atoms with Gasteiger partial charge in [-0.25, -0.2) is 9.97 Å². The molecule has 0 aliphatic rings. The Balaban J connectivity index is 1.99. The molecule has 2 aromatic rings. The molecule has 2 rings (SSSR count). The number of hydrogen-bond donors (Lipinski definition) is 1. The van der Waals surface area contributed by atoms with Gasteiger partial charge in [0.25, 0.3) is 0 Å². The SMILES string of the molecule is Cc1cc(OCc2ccc(N)cc2)ncn1. The van der Waals surface area contributed by atoms with E-state index >= 15 is 0 Å². The minimum Gasteiger partial charge on any atom is -0.473 e. The molecule has 0 saturated carbocycles. The van der Waals surface area contributed by atoms with E-state index in [0.29, 0.717) is 12.5 Å². The summed E-state index contributed by atoms with van der Waals surface area (Å²) in [5, 5.41) is 0. The molecule has 82 valence electrons. The van der Waals surface area contributed by atoms with E-state index in [1.165, 1.54) is 6.33 Å². The third kappa shape index (κ3) is 2.70. The van der Waals surface area contributed by atoms with Gasteiger partial charge in [-0.1, -0.05) is 12.1 Å². The second kappa shape index (κ2) is 4.61. The fourth-order valence-electron chi connectivity index (χ4n) is 1.28. The topological polar surface area (TPSA) is 61.0 Å². The van der Waals surface area contributed by atoms with Crippen LogP contribution in [0.2, 0.25) is 0 Å². The van der Waals surface area contributed by atoms with Gasteiger partial charge < -0.3 is 10.5 Å². The summed E-state index contributed by atoms with van der Waals surface area (Å²) in [6.45, 7) is 2.38. The van der Waals surface area contributed by atoms with E-state index in [2.05, 4.69) is 9.97 Å². The van der Waals surface area contributed by atoms with Gasteiger partial charge in [-0.05, 0) is 24.6 Å². The smallest absolute Gasteiger partial charge is 0.216 e. The van der Waals surface area contributed by atoms with Crippen LogP contribution in [0.25, 0.3) is 0 Å². The summed E-state index contributed by atoms with van der Waals surface area (Å²) < 4.78 is 5.52. The Kier molecular flexibility index (Phi) is 3.00. The average Bonchev–Trinajstić information content (AvgIpc) is 2.28. The van der Waals surface area contributed by atoms with Gasteiger partial charge in [-0.2, -0.15) is 0 Å². The standard InChI is InChI=1S/C12H13N3O/c1-9-6-12(15-8-14-9)16-7-10-2-4-11(13)5-3-10/h2-6,8H,7,13H2,1H3. The molecule has 1 aromatic heterocycles. The van der Waals surface area contributed by atoms with Gasteiger partial charge >= 0.3 is 0 Å². The van der Waals surface area contributed by atoms with Crippen molar-refractivity contribution in [2.75, 3.05) is 5.73 Å². The van der Waals surface area contributed by atoms with Crippen molar-refractivity contribution in [1.82, 2.24) is 9.97 Å². The van der Waals surface area contributed by atoms with Crippen molar-refractivity contribution in [2.45, 2.75) is 13.5 Å². The van der Waals surface area contributed by atoms with Crippen LogP contribution in [-0.4, -0.2) is 9.97 Å². The summed E-state index contributed by atoms with van der Waals surface area (Å²) >= 11 is 0. The van der Waals surface area contributed by atoms with Crippen molar-refractivity contribution in [3.05, 3.63) is 47.9 Å². The highest BCUT2D eigenvalue weighted by Gasteiger charge is 1.97. The first kappa shape index (κ1) is 10.4. The summed E-state index contributed by atoms with van der Waals surface area (Å²) in [6.07, 6.45) is 1.49. The van der Waals surface area contributed by atoms with Gasteiger partial charge in [0.05, 0.1) is 0 Å². The molecule has 0 bridgehead atoms. The molecular weight excluding hydrogens is 202 g/mol. The lowest BCUT2D eigenvalue weighted by molar-refractivity contribution is 0.293. The van der Waals surface area contributed by atoms with Crippen LogP contribution in [-0.2, 0) is 6.61 Å². The Bertz CT molecular complexity index is 468. The van der Waals surface area contributed by atoms with Crippen LogP contribution >= 0.6 is 0 Å². The number of aryl methyl sites for hydroxylation is 1. The van der Waals surface area contributed by atoms with Crippen LogP contribution in [0.1, 0.15) is 11.3 Å². The largest absolute Gasteiger partial charge is 0.473 e. The predicted octanol–water partition coefficient (Wildman–Crippen LogP) is 1.95. The number of nitrogens with two attached hydrogens (primary N) is 1. The third-order valence-corrected chi connectivity index (χ3v) is 2.15. The monoisotopic (exact) mass is 215 g/mol. The van der Waals surface area contributed by atoms with Crippen molar-refractivity contribution in [1.29, 1.82) is 0 Å². The lowest BCUT2D eigenvalue weighted by atomic mass is 10.2. The molecule has 1 heterocycles. The number of benzene rings is 1. The maximum absolute atomic E-state index is 5.59. The first-order valence-electron chi connectivity index (χ1n) is 5.00. The molecule has 0 atom stereocenters. The molecule has 1 aromatic carbocycles. The second-order valence-electron chi connectivity index (χ2n) is 3.53. The second-order valence-corrected chi connectivity index (χ2v) is 3.53. The van der Waals surface area contributed by atoms with Gasteiger partial charge in [0.1, 0.15) is 12.9 Å². The first-order valence-corrected chi connectivity index (χ1v) is 5.00. The van der Waals surface area contributed by atoms with Crippen LogP contribution in [0.5, 0.6) is 5.88 Å². The van der Waals surface area contributed by atoms with Crippen LogP contribution in [0.4, 0.5) is 5.69 Å². The van der Waals surface area contributed by atoms with E-state index in [1.807, 2.05) is 31.2 Å². The van der Waals surface area contributed by atoms with Gasteiger partial charge in [0.2, 0.25) is 5.88 Å². The molecule has 4 nitrogen and oxygen atoms in total. The number of nitrogens with zero attached hydrogens (tertiary/aromatic N) is 2. The quantitative estimate of drug-likeness (QED) is 0.795. The van der Waals surface area contributed by atoms with E-state index in [4.69, 9.17) is 10.5 Å². The maximum Gasteiger partial charge on any atom is 0.216 e. The van der Waals surface area contributed by atoms with Crippen molar-refractivity contribution in [2.24, 2.45) is 0 Å². The van der Waals surface area contributed by atoms with Crippen molar-refractivity contribution in [3.63, 3.8) is 0 Å². The van der Waals surface area contributed by atoms with Crippen molar-refractivity contribution < 1.29 is 4.74 Å². The third-order valence-electron chi connectivity index (χ3n) is 2.15. The van der Waals surface area contributed by atoms with Crippen LogP contribution in [0.3, 0.4) is 0 Å². The van der Waals surface area contributed by atoms with Crippen LogP contribution in [0, 0.1) is 6.92 Å². The molecule has 4 heteroatoms. The van der Waals surface area contributed by atoms with Gasteiger partial charge in [-0.3, -0.25) is 0 Å². The number of hydrogen-bond acceptors (Lipinski definition) is 4. The molecule has 16 heavy (non-hydrogen) atoms. The van der Waals surface area contributed by atoms with Crippen molar-refractivity contribution in [3.8, 4) is 5.88 Å². The highest BCUT2D eigenvalue weighted by atomic mass is 16.5. The average molecular weight is 215 g/mol. The number of ether oxygens (including phenoxy) is 1. The molecular formula is C12H13N3O. The van der Waals surface area contributed by atoms with Gasteiger partial charge in [0, 0.05) is 17.4 Å². The molecule has 0 saturated heterocycles. The van der Waals surface area contributed by atoms with Gasteiger partial charge in [0.15, 0.2) is 0 Å². The Hall–Kier alpha value is -2.10. The number of rotatable bonds is 3. The Morgan fingerprint density at radius 2 is 1.94 bits per heavy atom. The lowest BCUT2D eigenvalue weighted by Crippen LogP contribution is -1.98. The Morgan fingerprint density at radius 1 is 1.19 bits per heavy atom. The summed E-state index contributed by atoms with van der Waals surface area (Å²) in [5.41, 5.74) is 8.30. The molecule has 0 fully saturated rings. The van der Waals surface area contributed by atoms with E-state index < -0.39 is 0 Å². The van der Waals surface area contributed by atoms with E-state index in [0.717, 1.165) is 16.9 Å². The van der Waals surface area contributed by atoms with Gasteiger partial charge in [-0.15, -0.1) is 0 Å². The minimum atomic E-state index is 0.483. The normalized spacial score (nSPS) is 10.1. The van der Waals surface area contributed by atoms with E-state index in [-0.39, 0.29) is 0 Å². The summed E-state index contributed by atoms with van der Waals surface area (Å²) in [4.78, 5) is 8.01. The highest BCUT2D eigenvalue weighted by Crippen LogP contribution is 2.10. The zero-order valence-electron chi connectivity index (χ0n) is 9.05. The molecule has 0 aliphatic carbocycles. The maximum atomic E-state index is 5.59. The first-order chi connectivity index (χ1) is 7.74. The lowest BCUT2D eigenvalue weighted by Gasteiger charge is -2.05. The zero-order chi connectivity index (χ0) is 11.4. The number of nitrogen functional groups attached to an aromatic ring is 1. The number of aromatic nitrogens is 2.